The van der Waals surface area contributed by atoms with Gasteiger partial charge in [-0.2, -0.15) is 13.2 Å². The maximum absolute atomic E-state index is 13.7. The number of nitrogens with one attached hydrogen (secondary N) is 2. The molecule has 2 N–H and O–H groups in total. The summed E-state index contributed by atoms with van der Waals surface area (Å²) in [5.74, 6) is -1.25. The predicted molar refractivity (Wildman–Crippen MR) is 129 cm³/mol. The van der Waals surface area contributed by atoms with E-state index in [1.165, 1.54) is 36.4 Å². The van der Waals surface area contributed by atoms with Crippen molar-refractivity contribution in [2.75, 3.05) is 39.3 Å². The smallest absolute Gasteiger partial charge is 0.422 e. The van der Waals surface area contributed by atoms with Crippen LogP contribution in [0.15, 0.2) is 47.0 Å². The summed E-state index contributed by atoms with van der Waals surface area (Å²) in [6, 6.07) is 8.83. The molecular formula is C26H27F5N4O3. The number of ether oxygens (including phenoxy) is 1. The van der Waals surface area contributed by atoms with Crippen molar-refractivity contribution < 1.29 is 36.0 Å². The fourth-order valence-corrected chi connectivity index (χ4v) is 4.34. The van der Waals surface area contributed by atoms with Crippen molar-refractivity contribution in [1.82, 2.24) is 20.7 Å². The molecule has 1 aliphatic heterocycles. The van der Waals surface area contributed by atoms with E-state index in [2.05, 4.69) is 20.7 Å². The molecule has 4 rings (SSSR count). The van der Waals surface area contributed by atoms with Crippen LogP contribution in [-0.2, 0) is 0 Å². The molecule has 0 bridgehead atoms. The molecule has 7 nitrogen and oxygen atoms in total. The Hall–Kier alpha value is -3.51. The lowest BCUT2D eigenvalue weighted by Gasteiger charge is -2.34. The zero-order valence-electron chi connectivity index (χ0n) is 20.6. The summed E-state index contributed by atoms with van der Waals surface area (Å²) in [5.41, 5.74) is 1.61. The molecule has 1 fully saturated rings. The van der Waals surface area contributed by atoms with Crippen molar-refractivity contribution in [1.29, 1.82) is 0 Å². The molecule has 1 unspecified atom stereocenters. The Bertz CT molecular complexity index is 1250. The van der Waals surface area contributed by atoms with Gasteiger partial charge < -0.3 is 24.8 Å². The van der Waals surface area contributed by atoms with Crippen LogP contribution in [-0.4, -0.2) is 61.5 Å². The van der Waals surface area contributed by atoms with Crippen molar-refractivity contribution >= 4 is 5.91 Å². The number of rotatable bonds is 9. The van der Waals surface area contributed by atoms with E-state index in [-0.39, 0.29) is 23.3 Å². The van der Waals surface area contributed by atoms with Gasteiger partial charge in [-0.15, -0.1) is 0 Å². The van der Waals surface area contributed by atoms with Crippen molar-refractivity contribution in [3.8, 4) is 17.0 Å². The molecule has 0 aliphatic carbocycles. The Kier molecular flexibility index (Phi) is 8.62. The minimum Gasteiger partial charge on any atom is -0.484 e. The van der Waals surface area contributed by atoms with Gasteiger partial charge in [0.05, 0.1) is 0 Å². The molecule has 0 spiro atoms. The molecule has 204 valence electrons. The molecule has 1 amide bonds. The number of alkyl halides is 3. The van der Waals surface area contributed by atoms with Gasteiger partial charge in [0.2, 0.25) is 0 Å². The van der Waals surface area contributed by atoms with Crippen molar-refractivity contribution in [2.45, 2.75) is 25.6 Å². The number of halogens is 5. The summed E-state index contributed by atoms with van der Waals surface area (Å²) in [4.78, 5) is 14.9. The highest BCUT2D eigenvalue weighted by Crippen LogP contribution is 2.30. The predicted octanol–water partition coefficient (Wildman–Crippen LogP) is 4.64. The molecule has 1 saturated heterocycles. The Morgan fingerprint density at radius 2 is 1.92 bits per heavy atom. The third-order valence-electron chi connectivity index (χ3n) is 6.15. The Balaban J connectivity index is 1.31. The number of carbonyl (C=O) groups is 1. The summed E-state index contributed by atoms with van der Waals surface area (Å²) in [6.07, 6.45) is -3.93. The van der Waals surface area contributed by atoms with Gasteiger partial charge >= 0.3 is 6.18 Å². The molecule has 0 saturated carbocycles. The first kappa shape index (κ1) is 27.5. The largest absolute Gasteiger partial charge is 0.484 e. The molecule has 1 aliphatic rings. The number of nitrogens with zero attached hydrogens (tertiary/aromatic N) is 2. The van der Waals surface area contributed by atoms with Gasteiger partial charge in [-0.05, 0) is 50.2 Å². The van der Waals surface area contributed by atoms with Gasteiger partial charge in [0.25, 0.3) is 5.91 Å². The quantitative estimate of drug-likeness (QED) is 0.306. The molecule has 38 heavy (non-hydrogen) atoms. The van der Waals surface area contributed by atoms with E-state index >= 15 is 0 Å². The van der Waals surface area contributed by atoms with Crippen LogP contribution in [0.25, 0.3) is 11.3 Å². The van der Waals surface area contributed by atoms with Crippen LogP contribution in [0.5, 0.6) is 5.75 Å². The molecule has 2 heterocycles. The Labute approximate surface area is 215 Å². The Morgan fingerprint density at radius 3 is 2.66 bits per heavy atom. The molecule has 2 aromatic carbocycles. The van der Waals surface area contributed by atoms with Crippen LogP contribution in [0, 0.1) is 18.6 Å². The van der Waals surface area contributed by atoms with E-state index < -0.39 is 24.4 Å². The van der Waals surface area contributed by atoms with Gasteiger partial charge in [-0.1, -0.05) is 11.2 Å². The molecule has 0 radical (unpaired) electrons. The third-order valence-corrected chi connectivity index (χ3v) is 6.15. The number of benzene rings is 2. The van der Waals surface area contributed by atoms with Gasteiger partial charge in [-0.3, -0.25) is 4.79 Å². The number of aromatic nitrogens is 1. The summed E-state index contributed by atoms with van der Waals surface area (Å²) < 4.78 is 75.0. The second-order valence-electron chi connectivity index (χ2n) is 8.97. The fraction of sp³-hybridized carbons (Fsp3) is 0.385. The minimum atomic E-state index is -4.54. The van der Waals surface area contributed by atoms with Gasteiger partial charge in [0, 0.05) is 49.4 Å². The zero-order valence-corrected chi connectivity index (χ0v) is 20.6. The number of piperazine rings is 1. The van der Waals surface area contributed by atoms with Gasteiger partial charge in [-0.25, -0.2) is 8.78 Å². The van der Waals surface area contributed by atoms with Crippen LogP contribution in [0.2, 0.25) is 0 Å². The number of carbonyl (C=O) groups excluding carboxylic acids is 1. The summed E-state index contributed by atoms with van der Waals surface area (Å²) in [5, 5.41) is 10.0. The number of hydrogen-bond donors (Lipinski definition) is 2. The lowest BCUT2D eigenvalue weighted by atomic mass is 10.0. The topological polar surface area (TPSA) is 79.6 Å². The van der Waals surface area contributed by atoms with Crippen LogP contribution in [0.3, 0.4) is 0 Å². The molecule has 3 aromatic rings. The van der Waals surface area contributed by atoms with E-state index in [9.17, 15) is 26.7 Å². The lowest BCUT2D eigenvalue weighted by molar-refractivity contribution is -0.153. The van der Waals surface area contributed by atoms with E-state index in [1.54, 1.807) is 6.92 Å². The van der Waals surface area contributed by atoms with E-state index in [4.69, 9.17) is 9.26 Å². The highest BCUT2D eigenvalue weighted by molar-refractivity contribution is 6.00. The van der Waals surface area contributed by atoms with Crippen molar-refractivity contribution in [3.05, 3.63) is 71.0 Å². The highest BCUT2D eigenvalue weighted by atomic mass is 19.4. The van der Waals surface area contributed by atoms with Crippen molar-refractivity contribution in [3.63, 3.8) is 0 Å². The van der Waals surface area contributed by atoms with Crippen LogP contribution >= 0.6 is 0 Å². The third kappa shape index (κ3) is 7.07. The number of aryl methyl sites for hydroxylation is 1. The van der Waals surface area contributed by atoms with Crippen molar-refractivity contribution in [2.24, 2.45) is 0 Å². The minimum absolute atomic E-state index is 0.144. The monoisotopic (exact) mass is 538 g/mol. The normalized spacial score (nSPS) is 16.4. The molecule has 12 heteroatoms. The average Bonchev–Trinajstić information content (AvgIpc) is 3.27. The second kappa shape index (κ2) is 11.9. The number of amides is 1. The summed E-state index contributed by atoms with van der Waals surface area (Å²) >= 11 is 0. The standard InChI is InChI=1S/C26H27F5N4O3/c1-16-23(24(34-38-16)17-3-5-18(27)6-4-17)25(36)33-9-2-11-35-12-10-32-21(14-35)20-8-7-19(28)13-22(20)37-15-26(29,30)31/h3-8,13,21,32H,2,9-12,14-15H2,1H3,(H,33,36). The molecule has 1 atom stereocenters. The maximum atomic E-state index is 13.7. The first-order valence-electron chi connectivity index (χ1n) is 12.1. The van der Waals surface area contributed by atoms with E-state index in [0.29, 0.717) is 61.7 Å². The first-order valence-corrected chi connectivity index (χ1v) is 12.1. The second-order valence-corrected chi connectivity index (χ2v) is 8.97. The summed E-state index contributed by atoms with van der Waals surface area (Å²) in [7, 11) is 0. The van der Waals surface area contributed by atoms with Gasteiger partial charge in [0.1, 0.15) is 34.4 Å². The van der Waals surface area contributed by atoms with Gasteiger partial charge in [0.15, 0.2) is 6.61 Å². The van der Waals surface area contributed by atoms with Crippen LogP contribution < -0.4 is 15.4 Å². The van der Waals surface area contributed by atoms with Crippen LogP contribution in [0.4, 0.5) is 22.0 Å². The van der Waals surface area contributed by atoms with E-state index in [0.717, 1.165) is 6.07 Å². The SMILES string of the molecule is Cc1onc(-c2ccc(F)cc2)c1C(=O)NCCCN1CCNC(c2ccc(F)cc2OCC(F)(F)F)C1. The maximum Gasteiger partial charge on any atom is 0.422 e. The molecule has 1 aromatic heterocycles. The van der Waals surface area contributed by atoms with E-state index in [1.807, 2.05) is 0 Å². The fourth-order valence-electron chi connectivity index (χ4n) is 4.34. The average molecular weight is 539 g/mol. The zero-order chi connectivity index (χ0) is 27.3. The first-order chi connectivity index (χ1) is 18.1. The number of hydrogen-bond acceptors (Lipinski definition) is 6. The summed E-state index contributed by atoms with van der Waals surface area (Å²) in [6.45, 7) is 2.84. The highest BCUT2D eigenvalue weighted by Gasteiger charge is 2.30. The van der Waals surface area contributed by atoms with Crippen LogP contribution in [0.1, 0.15) is 34.1 Å². The lowest BCUT2D eigenvalue weighted by Crippen LogP contribution is -2.46. The Morgan fingerprint density at radius 1 is 1.18 bits per heavy atom. The molecular weight excluding hydrogens is 511 g/mol.